The summed E-state index contributed by atoms with van der Waals surface area (Å²) < 4.78 is 96.1. The van der Waals surface area contributed by atoms with Gasteiger partial charge < -0.3 is 9.80 Å². The number of hydrogen-bond acceptors (Lipinski definition) is 7. The number of carbonyl (C=O) groups is 2. The Kier molecular flexibility index (Phi) is 7.12. The molecule has 0 N–H and O–H groups in total. The lowest BCUT2D eigenvalue weighted by Gasteiger charge is -2.42. The summed E-state index contributed by atoms with van der Waals surface area (Å²) in [4.78, 5) is 43.4. The first-order chi connectivity index (χ1) is 20.9. The molecule has 3 aromatic heterocycles. The van der Waals surface area contributed by atoms with Gasteiger partial charge in [0, 0.05) is 24.8 Å². The van der Waals surface area contributed by atoms with Crippen molar-refractivity contribution in [2.24, 2.45) is 0 Å². The Morgan fingerprint density at radius 1 is 0.977 bits per heavy atom. The summed E-state index contributed by atoms with van der Waals surface area (Å²) in [6, 6.07) is 3.55. The molecule has 0 radical (unpaired) electrons. The fourth-order valence-corrected chi connectivity index (χ4v) is 5.54. The van der Waals surface area contributed by atoms with Crippen molar-refractivity contribution in [1.29, 1.82) is 0 Å². The number of anilines is 2. The number of piperidine rings is 1. The number of rotatable bonds is 6. The van der Waals surface area contributed by atoms with Gasteiger partial charge in [-0.05, 0) is 31.0 Å². The summed E-state index contributed by atoms with van der Waals surface area (Å²) in [6.07, 6.45) is -4.13. The number of hydrogen-bond donors (Lipinski definition) is 0. The first-order valence-corrected chi connectivity index (χ1v) is 13.2. The number of alkyl halides is 5. The van der Waals surface area contributed by atoms with E-state index >= 15 is 0 Å². The average molecular weight is 623 g/mol. The van der Waals surface area contributed by atoms with Crippen molar-refractivity contribution in [3.05, 3.63) is 71.7 Å². The number of halogens is 7. The Labute approximate surface area is 243 Å². The average Bonchev–Trinajstić information content (AvgIpc) is 3.46. The number of carbonyl (C=O) groups excluding carboxylic acids is 2. The number of aromatic nitrogens is 5. The van der Waals surface area contributed by atoms with Crippen LogP contribution in [0.3, 0.4) is 0 Å². The van der Waals surface area contributed by atoms with Crippen molar-refractivity contribution < 1.29 is 40.3 Å². The van der Waals surface area contributed by atoms with Crippen LogP contribution in [-0.2, 0) is 24.1 Å². The molecule has 0 atom stereocenters. The maximum Gasteiger partial charge on any atom is 0.416 e. The molecule has 1 aromatic carbocycles. The Bertz CT molecular complexity index is 1750. The van der Waals surface area contributed by atoms with Crippen molar-refractivity contribution in [1.82, 2.24) is 29.6 Å². The molecule has 2 aliphatic rings. The largest absolute Gasteiger partial charge is 0.416 e. The van der Waals surface area contributed by atoms with E-state index in [9.17, 15) is 40.3 Å². The van der Waals surface area contributed by atoms with E-state index in [-0.39, 0.29) is 48.5 Å². The van der Waals surface area contributed by atoms with Crippen LogP contribution in [0.1, 0.15) is 24.0 Å². The molecule has 0 bridgehead atoms. The van der Waals surface area contributed by atoms with Crippen LogP contribution in [0.25, 0.3) is 11.2 Å². The Hall–Kier alpha value is -4.83. The number of benzene rings is 1. The van der Waals surface area contributed by atoms with Gasteiger partial charge >= 0.3 is 12.2 Å². The standard InChI is InChI=1S/C27H21F7N8O2/c28-17-3-1-2-15(22(17)31)13-40-25(44)42(20-10-16(4-7-35-20)27(32,33)34)24(43)26(40)5-8-39(9-6-26)21-12-36-18-11-37-41(14-19(29)30)23(18)38-21/h1-4,7,10-12,19H,5-6,8-9,13-14H2. The summed E-state index contributed by atoms with van der Waals surface area (Å²) in [7, 11) is 0. The van der Waals surface area contributed by atoms with Crippen LogP contribution < -0.4 is 9.80 Å². The lowest BCUT2D eigenvalue weighted by Crippen LogP contribution is -2.56. The zero-order chi connectivity index (χ0) is 31.4. The molecular weight excluding hydrogens is 601 g/mol. The monoisotopic (exact) mass is 622 g/mol. The molecule has 0 saturated carbocycles. The third-order valence-electron chi connectivity index (χ3n) is 7.76. The van der Waals surface area contributed by atoms with E-state index in [1.54, 1.807) is 4.90 Å². The fourth-order valence-electron chi connectivity index (χ4n) is 5.54. The minimum atomic E-state index is -4.79. The fraction of sp³-hybridized carbons (Fsp3) is 0.333. The number of fused-ring (bicyclic) bond motifs is 1. The van der Waals surface area contributed by atoms with Crippen LogP contribution in [0.2, 0.25) is 0 Å². The van der Waals surface area contributed by atoms with Crippen molar-refractivity contribution >= 4 is 34.7 Å². The topological polar surface area (TPSA) is 100 Å². The first-order valence-electron chi connectivity index (χ1n) is 13.2. The highest BCUT2D eigenvalue weighted by Crippen LogP contribution is 2.42. The lowest BCUT2D eigenvalue weighted by atomic mass is 9.85. The van der Waals surface area contributed by atoms with Crippen LogP contribution in [0, 0.1) is 11.6 Å². The van der Waals surface area contributed by atoms with Gasteiger partial charge in [0.15, 0.2) is 17.3 Å². The maximum absolute atomic E-state index is 14.7. The van der Waals surface area contributed by atoms with Crippen molar-refractivity contribution in [3.63, 3.8) is 0 Å². The third-order valence-corrected chi connectivity index (χ3v) is 7.76. The van der Waals surface area contributed by atoms with Crippen LogP contribution in [0.5, 0.6) is 0 Å². The van der Waals surface area contributed by atoms with Gasteiger partial charge in [-0.15, -0.1) is 0 Å². The Balaban J connectivity index is 1.34. The molecule has 0 unspecified atom stereocenters. The number of nitrogens with zero attached hydrogens (tertiary/aromatic N) is 8. The molecule has 10 nitrogen and oxygen atoms in total. The summed E-state index contributed by atoms with van der Waals surface area (Å²) in [5.74, 6) is -3.58. The molecule has 1 spiro atoms. The van der Waals surface area contributed by atoms with Crippen LogP contribution in [0.15, 0.2) is 48.9 Å². The van der Waals surface area contributed by atoms with E-state index in [2.05, 4.69) is 20.1 Å². The summed E-state index contributed by atoms with van der Waals surface area (Å²) >= 11 is 0. The van der Waals surface area contributed by atoms with E-state index in [1.165, 1.54) is 24.5 Å². The Morgan fingerprint density at radius 3 is 2.43 bits per heavy atom. The molecule has 0 aliphatic carbocycles. The summed E-state index contributed by atoms with van der Waals surface area (Å²) in [5, 5.41) is 3.88. The second-order valence-corrected chi connectivity index (χ2v) is 10.3. The zero-order valence-corrected chi connectivity index (χ0v) is 22.5. The predicted octanol–water partition coefficient (Wildman–Crippen LogP) is 4.79. The van der Waals surface area contributed by atoms with E-state index in [0.717, 1.165) is 21.8 Å². The molecule has 230 valence electrons. The quantitative estimate of drug-likeness (QED) is 0.225. The molecule has 2 fully saturated rings. The van der Waals surface area contributed by atoms with Crippen LogP contribution in [-0.4, -0.2) is 66.6 Å². The normalized spacial score (nSPS) is 17.1. The zero-order valence-electron chi connectivity index (χ0n) is 22.5. The van der Waals surface area contributed by atoms with E-state index in [0.29, 0.717) is 17.0 Å². The SMILES string of the molecule is O=C1N(c2cc(C(F)(F)F)ccn2)C(=O)C2(CCN(c3cnc4cnn(CC(F)F)c4n3)CC2)N1Cc1cccc(F)c1F. The second kappa shape index (κ2) is 10.7. The van der Waals surface area contributed by atoms with E-state index in [1.807, 2.05) is 0 Å². The highest BCUT2D eigenvalue weighted by atomic mass is 19.4. The van der Waals surface area contributed by atoms with Gasteiger partial charge in [-0.2, -0.15) is 18.3 Å². The third kappa shape index (κ3) is 4.94. The second-order valence-electron chi connectivity index (χ2n) is 10.3. The smallest absolute Gasteiger partial charge is 0.355 e. The molecule has 6 rings (SSSR count). The summed E-state index contributed by atoms with van der Waals surface area (Å²) in [5.41, 5.74) is -2.64. The van der Waals surface area contributed by atoms with Gasteiger partial charge in [-0.25, -0.2) is 46.9 Å². The molecule has 5 heterocycles. The molecule has 44 heavy (non-hydrogen) atoms. The van der Waals surface area contributed by atoms with Crippen molar-refractivity contribution in [2.75, 3.05) is 22.9 Å². The van der Waals surface area contributed by atoms with E-state index in [4.69, 9.17) is 0 Å². The van der Waals surface area contributed by atoms with Crippen LogP contribution in [0.4, 0.5) is 47.2 Å². The minimum absolute atomic E-state index is 0.0637. The minimum Gasteiger partial charge on any atom is -0.355 e. The highest BCUT2D eigenvalue weighted by molar-refractivity contribution is 6.23. The number of amides is 3. The van der Waals surface area contributed by atoms with Crippen LogP contribution >= 0.6 is 0 Å². The first kappa shape index (κ1) is 29.3. The van der Waals surface area contributed by atoms with Gasteiger partial charge in [-0.1, -0.05) is 12.1 Å². The maximum atomic E-state index is 14.7. The number of pyridine rings is 1. The summed E-state index contributed by atoms with van der Waals surface area (Å²) in [6.45, 7) is -1.13. The van der Waals surface area contributed by atoms with Gasteiger partial charge in [0.1, 0.15) is 29.2 Å². The van der Waals surface area contributed by atoms with Gasteiger partial charge in [-0.3, -0.25) is 4.79 Å². The molecule has 2 aliphatic heterocycles. The van der Waals surface area contributed by atoms with Gasteiger partial charge in [0.05, 0.1) is 24.5 Å². The number of urea groups is 1. The molecule has 17 heteroatoms. The van der Waals surface area contributed by atoms with Gasteiger partial charge in [0.2, 0.25) is 0 Å². The lowest BCUT2D eigenvalue weighted by molar-refractivity contribution is -0.137. The van der Waals surface area contributed by atoms with E-state index < -0.39 is 66.2 Å². The highest BCUT2D eigenvalue weighted by Gasteiger charge is 2.59. The Morgan fingerprint density at radius 2 is 1.73 bits per heavy atom. The molecule has 3 amide bonds. The van der Waals surface area contributed by atoms with Gasteiger partial charge in [0.25, 0.3) is 12.3 Å². The molecular formula is C27H21F7N8O2. The molecule has 4 aromatic rings. The predicted molar refractivity (Wildman–Crippen MR) is 140 cm³/mol. The number of imide groups is 1. The van der Waals surface area contributed by atoms with Crippen molar-refractivity contribution in [3.8, 4) is 0 Å². The molecule has 2 saturated heterocycles. The van der Waals surface area contributed by atoms with Crippen molar-refractivity contribution in [2.45, 2.75) is 44.1 Å².